The van der Waals surface area contributed by atoms with Crippen LogP contribution in [0.25, 0.3) is 0 Å². The summed E-state index contributed by atoms with van der Waals surface area (Å²) in [5.74, 6) is 0. The normalized spacial score (nSPS) is 20.8. The summed E-state index contributed by atoms with van der Waals surface area (Å²) < 4.78 is 0. The van der Waals surface area contributed by atoms with Gasteiger partial charge in [0.15, 0.2) is 0 Å². The summed E-state index contributed by atoms with van der Waals surface area (Å²) in [6.45, 7) is 6.51. The van der Waals surface area contributed by atoms with Crippen LogP contribution in [0.2, 0.25) is 0 Å². The summed E-state index contributed by atoms with van der Waals surface area (Å²) in [4.78, 5) is 7.01. The average molecular weight is 247 g/mol. The lowest BCUT2D eigenvalue weighted by Gasteiger charge is -2.31. The van der Waals surface area contributed by atoms with Crippen molar-refractivity contribution in [1.29, 1.82) is 0 Å². The minimum atomic E-state index is 0.643. The molecular formula is C15H25N3. The van der Waals surface area contributed by atoms with E-state index in [1.807, 2.05) is 13.2 Å². The van der Waals surface area contributed by atoms with E-state index in [-0.39, 0.29) is 0 Å². The van der Waals surface area contributed by atoms with Gasteiger partial charge in [0.1, 0.15) is 0 Å². The third-order valence-corrected chi connectivity index (χ3v) is 3.83. The number of pyridine rings is 1. The van der Waals surface area contributed by atoms with Crippen molar-refractivity contribution in [2.24, 2.45) is 0 Å². The fraction of sp³-hybridized carbons (Fsp3) is 0.667. The molecule has 0 bridgehead atoms. The molecule has 0 spiro atoms. The highest BCUT2D eigenvalue weighted by molar-refractivity contribution is 5.54. The van der Waals surface area contributed by atoms with Gasteiger partial charge < -0.3 is 10.2 Å². The molecule has 1 atom stereocenters. The first-order valence-corrected chi connectivity index (χ1v) is 7.09. The quantitative estimate of drug-likeness (QED) is 0.890. The van der Waals surface area contributed by atoms with Crippen molar-refractivity contribution in [3.05, 3.63) is 23.5 Å². The predicted molar refractivity (Wildman–Crippen MR) is 77.0 cm³/mol. The lowest BCUT2D eigenvalue weighted by atomic mass is 10.1. The molecule has 3 heteroatoms. The van der Waals surface area contributed by atoms with Crippen molar-refractivity contribution in [2.75, 3.05) is 18.5 Å². The molecule has 1 saturated heterocycles. The Hall–Kier alpha value is -1.09. The molecule has 100 valence electrons. The van der Waals surface area contributed by atoms with Gasteiger partial charge in [0.25, 0.3) is 0 Å². The van der Waals surface area contributed by atoms with Gasteiger partial charge in [-0.2, -0.15) is 0 Å². The maximum atomic E-state index is 4.44. The molecule has 0 amide bonds. The van der Waals surface area contributed by atoms with Crippen LogP contribution >= 0.6 is 0 Å². The Labute approximate surface area is 111 Å². The van der Waals surface area contributed by atoms with Gasteiger partial charge in [-0.25, -0.2) is 0 Å². The summed E-state index contributed by atoms with van der Waals surface area (Å²) in [6.07, 6.45) is 7.37. The Morgan fingerprint density at radius 2 is 2.22 bits per heavy atom. The van der Waals surface area contributed by atoms with Crippen molar-refractivity contribution < 1.29 is 0 Å². The van der Waals surface area contributed by atoms with E-state index in [1.54, 1.807) is 0 Å². The molecule has 1 fully saturated rings. The second-order valence-electron chi connectivity index (χ2n) is 5.38. The Morgan fingerprint density at radius 1 is 1.39 bits per heavy atom. The highest BCUT2D eigenvalue weighted by Gasteiger charge is 2.19. The molecule has 2 rings (SSSR count). The van der Waals surface area contributed by atoms with E-state index in [1.165, 1.54) is 43.5 Å². The van der Waals surface area contributed by atoms with Crippen LogP contribution in [-0.2, 0) is 6.54 Å². The van der Waals surface area contributed by atoms with E-state index < -0.39 is 0 Å². The lowest BCUT2D eigenvalue weighted by Crippen LogP contribution is -2.33. The van der Waals surface area contributed by atoms with Gasteiger partial charge in [-0.3, -0.25) is 4.98 Å². The monoisotopic (exact) mass is 247 g/mol. The fourth-order valence-corrected chi connectivity index (χ4v) is 2.80. The van der Waals surface area contributed by atoms with Crippen LogP contribution in [0.3, 0.4) is 0 Å². The van der Waals surface area contributed by atoms with Crippen molar-refractivity contribution in [3.8, 4) is 0 Å². The van der Waals surface area contributed by atoms with Crippen LogP contribution in [0.4, 0.5) is 5.69 Å². The molecule has 1 aliphatic rings. The molecule has 2 heterocycles. The number of rotatable bonds is 3. The molecule has 0 saturated carbocycles. The van der Waals surface area contributed by atoms with Crippen molar-refractivity contribution >= 4 is 5.69 Å². The first-order valence-electron chi connectivity index (χ1n) is 7.09. The Bertz CT molecular complexity index is 389. The molecule has 1 aromatic rings. The number of hydrogen-bond acceptors (Lipinski definition) is 3. The van der Waals surface area contributed by atoms with Crippen molar-refractivity contribution in [2.45, 2.75) is 52.1 Å². The number of anilines is 1. The molecule has 0 aromatic carbocycles. The minimum absolute atomic E-state index is 0.643. The summed E-state index contributed by atoms with van der Waals surface area (Å²) >= 11 is 0. The predicted octanol–water partition coefficient (Wildman–Crippen LogP) is 2.88. The number of hydrogen-bond donors (Lipinski definition) is 1. The zero-order chi connectivity index (χ0) is 13.0. The third kappa shape index (κ3) is 3.02. The van der Waals surface area contributed by atoms with Gasteiger partial charge in [0.2, 0.25) is 0 Å². The van der Waals surface area contributed by atoms with Crippen molar-refractivity contribution in [1.82, 2.24) is 10.3 Å². The molecular weight excluding hydrogens is 222 g/mol. The van der Waals surface area contributed by atoms with Crippen LogP contribution in [0.5, 0.6) is 0 Å². The maximum Gasteiger partial charge on any atom is 0.0447 e. The van der Waals surface area contributed by atoms with Crippen LogP contribution < -0.4 is 10.2 Å². The van der Waals surface area contributed by atoms with Crippen LogP contribution in [0, 0.1) is 6.92 Å². The van der Waals surface area contributed by atoms with E-state index in [4.69, 9.17) is 0 Å². The number of nitrogens with one attached hydrogen (secondary N) is 1. The summed E-state index contributed by atoms with van der Waals surface area (Å²) in [5, 5.41) is 3.25. The summed E-state index contributed by atoms with van der Waals surface area (Å²) in [7, 11) is 2.00. The van der Waals surface area contributed by atoms with E-state index in [0.717, 1.165) is 12.2 Å². The van der Waals surface area contributed by atoms with Crippen molar-refractivity contribution in [3.63, 3.8) is 0 Å². The largest absolute Gasteiger partial charge is 0.368 e. The van der Waals surface area contributed by atoms with Crippen LogP contribution in [0.15, 0.2) is 12.3 Å². The second-order valence-corrected chi connectivity index (χ2v) is 5.38. The first-order chi connectivity index (χ1) is 8.72. The standard InChI is InChI=1S/C15H25N3/c1-12-9-15(14(10-16-3)11-17-12)18-8-6-4-5-7-13(18)2/h9,11,13,16H,4-8,10H2,1-3H3. The second kappa shape index (κ2) is 6.19. The van der Waals surface area contributed by atoms with Gasteiger partial charge in [0.05, 0.1) is 0 Å². The summed E-state index contributed by atoms with van der Waals surface area (Å²) in [5.41, 5.74) is 3.81. The average Bonchev–Trinajstić information content (AvgIpc) is 2.56. The number of nitrogens with zero attached hydrogens (tertiary/aromatic N) is 2. The van der Waals surface area contributed by atoms with Gasteiger partial charge in [-0.05, 0) is 39.8 Å². The van der Waals surface area contributed by atoms with Gasteiger partial charge in [0, 0.05) is 42.3 Å². The smallest absolute Gasteiger partial charge is 0.0447 e. The number of aromatic nitrogens is 1. The van der Waals surface area contributed by atoms with E-state index in [9.17, 15) is 0 Å². The third-order valence-electron chi connectivity index (χ3n) is 3.83. The van der Waals surface area contributed by atoms with Crippen LogP contribution in [-0.4, -0.2) is 24.6 Å². The molecule has 0 aliphatic carbocycles. The highest BCUT2D eigenvalue weighted by Crippen LogP contribution is 2.27. The Kier molecular flexibility index (Phi) is 4.59. The number of aryl methyl sites for hydroxylation is 1. The molecule has 1 aliphatic heterocycles. The molecule has 18 heavy (non-hydrogen) atoms. The first kappa shape index (κ1) is 13.3. The molecule has 1 aromatic heterocycles. The van der Waals surface area contributed by atoms with Gasteiger partial charge >= 0.3 is 0 Å². The topological polar surface area (TPSA) is 28.2 Å². The van der Waals surface area contributed by atoms with E-state index in [2.05, 4.69) is 35.1 Å². The van der Waals surface area contributed by atoms with E-state index in [0.29, 0.717) is 6.04 Å². The SMILES string of the molecule is CNCc1cnc(C)cc1N1CCCCCC1C. The molecule has 0 radical (unpaired) electrons. The van der Waals surface area contributed by atoms with E-state index >= 15 is 0 Å². The Morgan fingerprint density at radius 3 is 3.00 bits per heavy atom. The zero-order valence-corrected chi connectivity index (χ0v) is 11.9. The minimum Gasteiger partial charge on any atom is -0.368 e. The maximum absolute atomic E-state index is 4.44. The highest BCUT2D eigenvalue weighted by atomic mass is 15.2. The molecule has 3 nitrogen and oxygen atoms in total. The zero-order valence-electron chi connectivity index (χ0n) is 11.9. The lowest BCUT2D eigenvalue weighted by molar-refractivity contribution is 0.612. The molecule has 1 N–H and O–H groups in total. The Balaban J connectivity index is 2.31. The summed E-state index contributed by atoms with van der Waals surface area (Å²) in [6, 6.07) is 2.89. The molecule has 1 unspecified atom stereocenters. The van der Waals surface area contributed by atoms with Gasteiger partial charge in [-0.15, -0.1) is 0 Å². The van der Waals surface area contributed by atoms with Gasteiger partial charge in [-0.1, -0.05) is 12.8 Å². The van der Waals surface area contributed by atoms with Crippen LogP contribution in [0.1, 0.15) is 43.9 Å². The fourth-order valence-electron chi connectivity index (χ4n) is 2.80.